The van der Waals surface area contributed by atoms with Crippen LogP contribution < -0.4 is 0 Å². The highest BCUT2D eigenvalue weighted by atomic mass is 79.9. The molecule has 0 aromatic heterocycles. The van der Waals surface area contributed by atoms with Crippen molar-refractivity contribution in [1.29, 1.82) is 0 Å². The van der Waals surface area contributed by atoms with Gasteiger partial charge >= 0.3 is 0 Å². The quantitative estimate of drug-likeness (QED) is 0.672. The molecule has 0 radical (unpaired) electrons. The van der Waals surface area contributed by atoms with Crippen LogP contribution in [0.5, 0.6) is 0 Å². The van der Waals surface area contributed by atoms with Crippen LogP contribution in [0.4, 0.5) is 0 Å². The summed E-state index contributed by atoms with van der Waals surface area (Å²) in [4.78, 5) is 0.542. The lowest BCUT2D eigenvalue weighted by molar-refractivity contribution is 0.761. The summed E-state index contributed by atoms with van der Waals surface area (Å²) in [5, 5.41) is 0. The van der Waals surface area contributed by atoms with E-state index in [0.29, 0.717) is 10.7 Å². The summed E-state index contributed by atoms with van der Waals surface area (Å²) in [6.45, 7) is 6.54. The SMILES string of the molecule is Cc1ccc(C(C)C(C)Br)cc1. The van der Waals surface area contributed by atoms with E-state index in [1.807, 2.05) is 0 Å². The van der Waals surface area contributed by atoms with Crippen molar-refractivity contribution in [1.82, 2.24) is 0 Å². The van der Waals surface area contributed by atoms with Crippen molar-refractivity contribution in [3.8, 4) is 0 Å². The van der Waals surface area contributed by atoms with Crippen LogP contribution in [-0.4, -0.2) is 4.83 Å². The second-order valence-corrected chi connectivity index (χ2v) is 4.82. The molecule has 0 amide bonds. The summed E-state index contributed by atoms with van der Waals surface area (Å²) >= 11 is 3.59. The average molecular weight is 227 g/mol. The van der Waals surface area contributed by atoms with Gasteiger partial charge in [-0.3, -0.25) is 0 Å². The molecule has 0 fully saturated rings. The van der Waals surface area contributed by atoms with E-state index in [-0.39, 0.29) is 0 Å². The van der Waals surface area contributed by atoms with Crippen LogP contribution in [0.15, 0.2) is 24.3 Å². The Kier molecular flexibility index (Phi) is 3.33. The molecule has 0 heterocycles. The second-order valence-electron chi connectivity index (χ2n) is 3.38. The first-order valence-corrected chi connectivity index (χ1v) is 5.23. The number of halogens is 1. The monoisotopic (exact) mass is 226 g/mol. The van der Waals surface area contributed by atoms with Gasteiger partial charge < -0.3 is 0 Å². The fraction of sp³-hybridized carbons (Fsp3) is 0.455. The molecule has 66 valence electrons. The maximum Gasteiger partial charge on any atom is 0.0183 e. The minimum absolute atomic E-state index is 0.542. The first kappa shape index (κ1) is 9.79. The molecule has 1 aromatic rings. The smallest absolute Gasteiger partial charge is 0.0183 e. The second kappa shape index (κ2) is 4.08. The molecule has 2 unspecified atom stereocenters. The average Bonchev–Trinajstić information content (AvgIpc) is 2.04. The number of benzene rings is 1. The Morgan fingerprint density at radius 1 is 1.08 bits per heavy atom. The Labute approximate surface area is 83.1 Å². The predicted molar refractivity (Wildman–Crippen MR) is 58.0 cm³/mol. The molecule has 1 aromatic carbocycles. The molecule has 12 heavy (non-hydrogen) atoms. The van der Waals surface area contributed by atoms with Gasteiger partial charge in [-0.05, 0) is 18.4 Å². The standard InChI is InChI=1S/C11H15Br/c1-8-4-6-11(7-5-8)9(2)10(3)12/h4-7,9-10H,1-3H3. The van der Waals surface area contributed by atoms with Crippen LogP contribution in [0.3, 0.4) is 0 Å². The molecule has 0 spiro atoms. The molecule has 0 nitrogen and oxygen atoms in total. The molecule has 0 N–H and O–H groups in total. The van der Waals surface area contributed by atoms with Gasteiger partial charge in [-0.2, -0.15) is 0 Å². The summed E-state index contributed by atoms with van der Waals surface area (Å²) in [6.07, 6.45) is 0. The minimum atomic E-state index is 0.542. The number of hydrogen-bond acceptors (Lipinski definition) is 0. The largest absolute Gasteiger partial charge is 0.0887 e. The summed E-state index contributed by atoms with van der Waals surface area (Å²) in [6, 6.07) is 8.75. The first-order valence-electron chi connectivity index (χ1n) is 4.32. The van der Waals surface area contributed by atoms with Crippen molar-refractivity contribution in [3.63, 3.8) is 0 Å². The molecular weight excluding hydrogens is 212 g/mol. The zero-order chi connectivity index (χ0) is 9.14. The van der Waals surface area contributed by atoms with Gasteiger partial charge in [-0.1, -0.05) is 59.6 Å². The van der Waals surface area contributed by atoms with E-state index in [1.165, 1.54) is 11.1 Å². The maximum atomic E-state index is 3.59. The van der Waals surface area contributed by atoms with Crippen molar-refractivity contribution in [3.05, 3.63) is 35.4 Å². The van der Waals surface area contributed by atoms with Gasteiger partial charge in [0.15, 0.2) is 0 Å². The van der Waals surface area contributed by atoms with Crippen molar-refractivity contribution in [2.24, 2.45) is 0 Å². The zero-order valence-corrected chi connectivity index (χ0v) is 9.43. The van der Waals surface area contributed by atoms with Gasteiger partial charge in [0.25, 0.3) is 0 Å². The number of alkyl halides is 1. The summed E-state index contributed by atoms with van der Waals surface area (Å²) < 4.78 is 0. The van der Waals surface area contributed by atoms with Gasteiger partial charge in [-0.15, -0.1) is 0 Å². The summed E-state index contributed by atoms with van der Waals surface area (Å²) in [5.74, 6) is 0.589. The molecule has 0 saturated carbocycles. The predicted octanol–water partition coefficient (Wildman–Crippen LogP) is 3.88. The lowest BCUT2D eigenvalue weighted by atomic mass is 9.98. The van der Waals surface area contributed by atoms with Crippen LogP contribution in [-0.2, 0) is 0 Å². The van der Waals surface area contributed by atoms with E-state index in [9.17, 15) is 0 Å². The molecule has 1 rings (SSSR count). The zero-order valence-electron chi connectivity index (χ0n) is 7.84. The maximum absolute atomic E-state index is 3.59. The number of rotatable bonds is 2. The van der Waals surface area contributed by atoms with Crippen molar-refractivity contribution < 1.29 is 0 Å². The molecule has 0 bridgehead atoms. The summed E-state index contributed by atoms with van der Waals surface area (Å²) in [5.41, 5.74) is 2.73. The fourth-order valence-corrected chi connectivity index (χ4v) is 1.44. The van der Waals surface area contributed by atoms with Gasteiger partial charge in [0.05, 0.1) is 0 Å². The van der Waals surface area contributed by atoms with E-state index >= 15 is 0 Å². The molecule has 0 aliphatic carbocycles. The lowest BCUT2D eigenvalue weighted by Gasteiger charge is -2.14. The molecule has 0 aliphatic rings. The van der Waals surface area contributed by atoms with Crippen molar-refractivity contribution in [2.45, 2.75) is 31.5 Å². The lowest BCUT2D eigenvalue weighted by Crippen LogP contribution is -2.03. The highest BCUT2D eigenvalue weighted by molar-refractivity contribution is 9.09. The third-order valence-corrected chi connectivity index (χ3v) is 3.09. The Morgan fingerprint density at radius 2 is 1.58 bits per heavy atom. The molecule has 1 heteroatoms. The van der Waals surface area contributed by atoms with Crippen LogP contribution in [0.25, 0.3) is 0 Å². The van der Waals surface area contributed by atoms with Crippen LogP contribution in [0.1, 0.15) is 30.9 Å². The van der Waals surface area contributed by atoms with Crippen molar-refractivity contribution in [2.75, 3.05) is 0 Å². The third kappa shape index (κ3) is 2.34. The van der Waals surface area contributed by atoms with Crippen molar-refractivity contribution >= 4 is 15.9 Å². The van der Waals surface area contributed by atoms with E-state index < -0.39 is 0 Å². The number of hydrogen-bond donors (Lipinski definition) is 0. The topological polar surface area (TPSA) is 0 Å². The highest BCUT2D eigenvalue weighted by Crippen LogP contribution is 2.23. The van der Waals surface area contributed by atoms with Gasteiger partial charge in [0.2, 0.25) is 0 Å². The molecule has 0 saturated heterocycles. The van der Waals surface area contributed by atoms with E-state index in [2.05, 4.69) is 61.0 Å². The summed E-state index contributed by atoms with van der Waals surface area (Å²) in [7, 11) is 0. The minimum Gasteiger partial charge on any atom is -0.0887 e. The van der Waals surface area contributed by atoms with Crippen LogP contribution in [0, 0.1) is 6.92 Å². The third-order valence-electron chi connectivity index (χ3n) is 2.29. The van der Waals surface area contributed by atoms with Gasteiger partial charge in [0.1, 0.15) is 0 Å². The van der Waals surface area contributed by atoms with Gasteiger partial charge in [-0.25, -0.2) is 0 Å². The normalized spacial score (nSPS) is 15.7. The Hall–Kier alpha value is -0.300. The first-order chi connectivity index (χ1) is 5.61. The molecular formula is C11H15Br. The van der Waals surface area contributed by atoms with E-state index in [0.717, 1.165) is 0 Å². The fourth-order valence-electron chi connectivity index (χ4n) is 1.14. The molecule has 2 atom stereocenters. The number of aryl methyl sites for hydroxylation is 1. The van der Waals surface area contributed by atoms with E-state index in [4.69, 9.17) is 0 Å². The Balaban J connectivity index is 2.82. The molecule has 0 aliphatic heterocycles. The van der Waals surface area contributed by atoms with Crippen LogP contribution >= 0.6 is 15.9 Å². The van der Waals surface area contributed by atoms with Crippen LogP contribution in [0.2, 0.25) is 0 Å². The van der Waals surface area contributed by atoms with Gasteiger partial charge in [0, 0.05) is 4.83 Å². The Morgan fingerprint density at radius 3 is 2.00 bits per heavy atom. The Bertz CT molecular complexity index is 236. The highest BCUT2D eigenvalue weighted by Gasteiger charge is 2.09. The van der Waals surface area contributed by atoms with E-state index in [1.54, 1.807) is 0 Å².